The van der Waals surface area contributed by atoms with E-state index in [0.717, 1.165) is 17.0 Å². The van der Waals surface area contributed by atoms with Gasteiger partial charge in [0.25, 0.3) is 0 Å². The van der Waals surface area contributed by atoms with E-state index in [2.05, 4.69) is 5.32 Å². The number of amides is 1. The van der Waals surface area contributed by atoms with Gasteiger partial charge < -0.3 is 15.0 Å². The van der Waals surface area contributed by atoms with Gasteiger partial charge in [0, 0.05) is 12.6 Å². The molecular formula is C20H26N2O2. The van der Waals surface area contributed by atoms with Gasteiger partial charge >= 0.3 is 0 Å². The molecule has 0 saturated heterocycles. The molecule has 4 heteroatoms. The summed E-state index contributed by atoms with van der Waals surface area (Å²) in [5, 5.41) is 3.20. The van der Waals surface area contributed by atoms with E-state index in [4.69, 9.17) is 4.74 Å². The van der Waals surface area contributed by atoms with Crippen molar-refractivity contribution in [1.29, 1.82) is 0 Å². The van der Waals surface area contributed by atoms with E-state index in [1.807, 2.05) is 80.3 Å². The number of nitrogens with one attached hydrogen (secondary N) is 1. The van der Waals surface area contributed by atoms with Gasteiger partial charge in [-0.25, -0.2) is 0 Å². The number of para-hydroxylation sites is 2. The van der Waals surface area contributed by atoms with Gasteiger partial charge in [0.1, 0.15) is 5.75 Å². The van der Waals surface area contributed by atoms with Crippen molar-refractivity contribution in [2.75, 3.05) is 18.5 Å². The molecule has 1 N–H and O–H groups in total. The van der Waals surface area contributed by atoms with Crippen LogP contribution in [-0.2, 0) is 11.3 Å². The minimum absolute atomic E-state index is 0.0696. The lowest BCUT2D eigenvalue weighted by molar-refractivity contribution is -0.131. The molecule has 0 aliphatic heterocycles. The highest BCUT2D eigenvalue weighted by molar-refractivity contribution is 5.81. The van der Waals surface area contributed by atoms with Crippen LogP contribution in [0.3, 0.4) is 0 Å². The Bertz CT molecular complexity index is 641. The van der Waals surface area contributed by atoms with E-state index >= 15 is 0 Å². The summed E-state index contributed by atoms with van der Waals surface area (Å²) < 4.78 is 5.59. The highest BCUT2D eigenvalue weighted by Crippen LogP contribution is 2.23. The lowest BCUT2D eigenvalue weighted by Gasteiger charge is -2.27. The van der Waals surface area contributed by atoms with Gasteiger partial charge in [0.05, 0.1) is 18.8 Å². The van der Waals surface area contributed by atoms with E-state index in [1.165, 1.54) is 0 Å². The lowest BCUT2D eigenvalue weighted by Crippen LogP contribution is -2.39. The maximum absolute atomic E-state index is 12.7. The van der Waals surface area contributed by atoms with Gasteiger partial charge in [-0.15, -0.1) is 0 Å². The molecule has 0 radical (unpaired) electrons. The number of ether oxygens (including phenoxy) is 1. The molecule has 4 nitrogen and oxygen atoms in total. The van der Waals surface area contributed by atoms with Crippen LogP contribution in [0.1, 0.15) is 26.3 Å². The van der Waals surface area contributed by atoms with Crippen molar-refractivity contribution in [1.82, 2.24) is 4.90 Å². The summed E-state index contributed by atoms with van der Waals surface area (Å²) in [7, 11) is 0. The van der Waals surface area contributed by atoms with Crippen LogP contribution < -0.4 is 10.1 Å². The molecule has 0 aromatic heterocycles. The SMILES string of the molecule is CCOc1ccccc1NCC(=O)N(Cc1ccccc1)C(C)C. The van der Waals surface area contributed by atoms with Gasteiger partial charge in [0.15, 0.2) is 0 Å². The third-order valence-electron chi connectivity index (χ3n) is 3.76. The molecule has 0 bridgehead atoms. The van der Waals surface area contributed by atoms with Crippen LogP contribution in [0.4, 0.5) is 5.69 Å². The van der Waals surface area contributed by atoms with Crippen LogP contribution in [0.2, 0.25) is 0 Å². The Morgan fingerprint density at radius 1 is 1.08 bits per heavy atom. The van der Waals surface area contributed by atoms with Crippen molar-refractivity contribution in [2.24, 2.45) is 0 Å². The van der Waals surface area contributed by atoms with Gasteiger partial charge in [0.2, 0.25) is 5.91 Å². The minimum atomic E-state index is 0.0696. The van der Waals surface area contributed by atoms with Crippen LogP contribution >= 0.6 is 0 Å². The van der Waals surface area contributed by atoms with Crippen LogP contribution in [0.5, 0.6) is 5.75 Å². The summed E-state index contributed by atoms with van der Waals surface area (Å²) in [6.07, 6.45) is 0. The Hall–Kier alpha value is -2.49. The zero-order chi connectivity index (χ0) is 17.4. The fraction of sp³-hybridized carbons (Fsp3) is 0.350. The Morgan fingerprint density at radius 3 is 2.42 bits per heavy atom. The van der Waals surface area contributed by atoms with Crippen molar-refractivity contribution in [3.8, 4) is 5.75 Å². The number of nitrogens with zero attached hydrogens (tertiary/aromatic N) is 1. The molecule has 0 fully saturated rings. The third-order valence-corrected chi connectivity index (χ3v) is 3.76. The molecule has 24 heavy (non-hydrogen) atoms. The molecule has 1 amide bonds. The van der Waals surface area contributed by atoms with E-state index in [1.54, 1.807) is 0 Å². The predicted molar refractivity (Wildman–Crippen MR) is 98.2 cm³/mol. The van der Waals surface area contributed by atoms with E-state index in [9.17, 15) is 4.79 Å². The molecule has 0 spiro atoms. The van der Waals surface area contributed by atoms with E-state index in [-0.39, 0.29) is 18.5 Å². The van der Waals surface area contributed by atoms with E-state index in [0.29, 0.717) is 13.2 Å². The Kier molecular flexibility index (Phi) is 6.67. The first-order valence-electron chi connectivity index (χ1n) is 8.41. The molecule has 128 valence electrons. The van der Waals surface area contributed by atoms with Crippen molar-refractivity contribution in [3.05, 3.63) is 60.2 Å². The van der Waals surface area contributed by atoms with Crippen LogP contribution in [0.25, 0.3) is 0 Å². The first-order valence-corrected chi connectivity index (χ1v) is 8.41. The maximum atomic E-state index is 12.7. The number of rotatable bonds is 8. The van der Waals surface area contributed by atoms with Crippen LogP contribution in [0.15, 0.2) is 54.6 Å². The summed E-state index contributed by atoms with van der Waals surface area (Å²) in [6.45, 7) is 7.48. The summed E-state index contributed by atoms with van der Waals surface area (Å²) >= 11 is 0. The third kappa shape index (κ3) is 5.01. The number of carbonyl (C=O) groups excluding carboxylic acids is 1. The second-order valence-electron chi connectivity index (χ2n) is 5.88. The van der Waals surface area contributed by atoms with Gasteiger partial charge in [-0.3, -0.25) is 4.79 Å². The quantitative estimate of drug-likeness (QED) is 0.799. The van der Waals surface area contributed by atoms with Gasteiger partial charge in [-0.2, -0.15) is 0 Å². The predicted octanol–water partition coefficient (Wildman–Crippen LogP) is 3.93. The molecule has 2 aromatic rings. The lowest BCUT2D eigenvalue weighted by atomic mass is 10.2. The number of anilines is 1. The second kappa shape index (κ2) is 8.96. The fourth-order valence-electron chi connectivity index (χ4n) is 2.51. The monoisotopic (exact) mass is 326 g/mol. The highest BCUT2D eigenvalue weighted by Gasteiger charge is 2.17. The Balaban J connectivity index is 2.01. The normalized spacial score (nSPS) is 10.5. The molecule has 0 unspecified atom stereocenters. The van der Waals surface area contributed by atoms with Crippen molar-refractivity contribution >= 4 is 11.6 Å². The van der Waals surface area contributed by atoms with Crippen LogP contribution in [0, 0.1) is 0 Å². The largest absolute Gasteiger partial charge is 0.492 e. The molecule has 2 rings (SSSR count). The first-order chi connectivity index (χ1) is 11.6. The average Bonchev–Trinajstić information content (AvgIpc) is 2.59. The first kappa shape index (κ1) is 17.9. The van der Waals surface area contributed by atoms with Crippen molar-refractivity contribution in [2.45, 2.75) is 33.4 Å². The average molecular weight is 326 g/mol. The molecule has 0 aliphatic rings. The summed E-state index contributed by atoms with van der Waals surface area (Å²) in [6, 6.07) is 17.9. The van der Waals surface area contributed by atoms with Crippen molar-refractivity contribution < 1.29 is 9.53 Å². The maximum Gasteiger partial charge on any atom is 0.242 e. The molecule has 0 atom stereocenters. The summed E-state index contributed by atoms with van der Waals surface area (Å²) in [4.78, 5) is 14.5. The standard InChI is InChI=1S/C20H26N2O2/c1-4-24-19-13-9-8-12-18(19)21-14-20(23)22(16(2)3)15-17-10-6-5-7-11-17/h5-13,16,21H,4,14-15H2,1-3H3. The second-order valence-corrected chi connectivity index (χ2v) is 5.88. The molecule has 0 saturated carbocycles. The van der Waals surface area contributed by atoms with Gasteiger partial charge in [-0.05, 0) is 38.5 Å². The summed E-state index contributed by atoms with van der Waals surface area (Å²) in [5.41, 5.74) is 1.98. The topological polar surface area (TPSA) is 41.6 Å². The number of hydrogen-bond donors (Lipinski definition) is 1. The molecule has 0 heterocycles. The smallest absolute Gasteiger partial charge is 0.242 e. The Labute approximate surface area is 144 Å². The van der Waals surface area contributed by atoms with E-state index < -0.39 is 0 Å². The number of carbonyl (C=O) groups is 1. The van der Waals surface area contributed by atoms with Gasteiger partial charge in [-0.1, -0.05) is 42.5 Å². The molecular weight excluding hydrogens is 300 g/mol. The number of hydrogen-bond acceptors (Lipinski definition) is 3. The zero-order valence-electron chi connectivity index (χ0n) is 14.7. The zero-order valence-corrected chi connectivity index (χ0v) is 14.7. The number of benzene rings is 2. The molecule has 2 aromatic carbocycles. The Morgan fingerprint density at radius 2 is 1.75 bits per heavy atom. The van der Waals surface area contributed by atoms with Crippen LogP contribution in [-0.4, -0.2) is 30.0 Å². The minimum Gasteiger partial charge on any atom is -0.492 e. The fourth-order valence-corrected chi connectivity index (χ4v) is 2.51. The highest BCUT2D eigenvalue weighted by atomic mass is 16.5. The van der Waals surface area contributed by atoms with Crippen molar-refractivity contribution in [3.63, 3.8) is 0 Å². The summed E-state index contributed by atoms with van der Waals surface area (Å²) in [5.74, 6) is 0.840. The molecule has 0 aliphatic carbocycles.